The summed E-state index contributed by atoms with van der Waals surface area (Å²) in [6, 6.07) is 3.39. The van der Waals surface area contributed by atoms with Gasteiger partial charge in [-0.25, -0.2) is 9.97 Å². The van der Waals surface area contributed by atoms with Crippen LogP contribution in [-0.4, -0.2) is 40.4 Å². The first-order valence-corrected chi connectivity index (χ1v) is 8.89. The van der Waals surface area contributed by atoms with Crippen molar-refractivity contribution in [1.82, 2.24) is 20.2 Å². The molecule has 1 amide bonds. The van der Waals surface area contributed by atoms with Crippen molar-refractivity contribution in [2.75, 3.05) is 19.6 Å². The summed E-state index contributed by atoms with van der Waals surface area (Å²) in [5.41, 5.74) is 3.24. The highest BCUT2D eigenvalue weighted by atomic mass is 35.5. The third-order valence-electron chi connectivity index (χ3n) is 4.05. The molecule has 5 nitrogen and oxygen atoms in total. The molecule has 0 bridgehead atoms. The number of nitrogens with one attached hydrogen (secondary N) is 1. The van der Waals surface area contributed by atoms with Gasteiger partial charge >= 0.3 is 0 Å². The van der Waals surface area contributed by atoms with Gasteiger partial charge in [0.1, 0.15) is 5.69 Å². The standard InChI is InChI=1S/C16H19ClN4OS/c1-11-15(23-10-20-11)9-21(8-12-4-5-18-6-12)16(22)14-3-2-13(17)7-19-14/h2-3,7,10,12,18H,4-6,8-9H2,1H3. The fourth-order valence-electron chi connectivity index (χ4n) is 2.72. The second kappa shape index (κ2) is 7.38. The maximum Gasteiger partial charge on any atom is 0.272 e. The summed E-state index contributed by atoms with van der Waals surface area (Å²) in [5.74, 6) is 0.431. The van der Waals surface area contributed by atoms with E-state index in [0.717, 1.165) is 36.6 Å². The maximum absolute atomic E-state index is 12.9. The second-order valence-corrected chi connectivity index (χ2v) is 7.14. The van der Waals surface area contributed by atoms with E-state index in [1.165, 1.54) is 6.20 Å². The van der Waals surface area contributed by atoms with Crippen molar-refractivity contribution in [2.45, 2.75) is 19.9 Å². The number of thiazole rings is 1. The van der Waals surface area contributed by atoms with Crippen molar-refractivity contribution in [2.24, 2.45) is 5.92 Å². The van der Waals surface area contributed by atoms with Gasteiger partial charge in [0.15, 0.2) is 0 Å². The molecule has 2 aromatic rings. The van der Waals surface area contributed by atoms with Gasteiger partial charge in [0.05, 0.1) is 22.8 Å². The van der Waals surface area contributed by atoms with E-state index in [1.54, 1.807) is 23.5 Å². The molecule has 23 heavy (non-hydrogen) atoms. The van der Waals surface area contributed by atoms with E-state index in [0.29, 0.717) is 23.2 Å². The number of carbonyl (C=O) groups is 1. The van der Waals surface area contributed by atoms with E-state index in [1.807, 2.05) is 17.3 Å². The van der Waals surface area contributed by atoms with Crippen LogP contribution in [-0.2, 0) is 6.54 Å². The highest BCUT2D eigenvalue weighted by Crippen LogP contribution is 2.20. The Bertz CT molecular complexity index is 667. The van der Waals surface area contributed by atoms with Gasteiger partial charge in [-0.05, 0) is 44.5 Å². The zero-order chi connectivity index (χ0) is 16.2. The van der Waals surface area contributed by atoms with E-state index in [9.17, 15) is 4.79 Å². The zero-order valence-corrected chi connectivity index (χ0v) is 14.5. The minimum absolute atomic E-state index is 0.0543. The van der Waals surface area contributed by atoms with Crippen LogP contribution in [0.3, 0.4) is 0 Å². The van der Waals surface area contributed by atoms with Crippen molar-refractivity contribution in [3.63, 3.8) is 0 Å². The highest BCUT2D eigenvalue weighted by molar-refractivity contribution is 7.09. The third-order valence-corrected chi connectivity index (χ3v) is 5.20. The molecule has 7 heteroatoms. The Morgan fingerprint density at radius 2 is 2.35 bits per heavy atom. The van der Waals surface area contributed by atoms with Crippen molar-refractivity contribution in [3.05, 3.63) is 45.1 Å². The molecular weight excluding hydrogens is 332 g/mol. The summed E-state index contributed by atoms with van der Waals surface area (Å²) in [6.45, 7) is 5.26. The predicted molar refractivity (Wildman–Crippen MR) is 91.8 cm³/mol. The Hall–Kier alpha value is -1.50. The van der Waals surface area contributed by atoms with Crippen LogP contribution in [0.5, 0.6) is 0 Å². The van der Waals surface area contributed by atoms with Gasteiger partial charge in [-0.1, -0.05) is 11.6 Å². The molecule has 0 saturated carbocycles. The van der Waals surface area contributed by atoms with Crippen LogP contribution in [0.1, 0.15) is 27.5 Å². The number of halogens is 1. The molecule has 0 aliphatic carbocycles. The minimum Gasteiger partial charge on any atom is -0.332 e. The summed E-state index contributed by atoms with van der Waals surface area (Å²) in [6.07, 6.45) is 2.61. The number of nitrogens with zero attached hydrogens (tertiary/aromatic N) is 3. The van der Waals surface area contributed by atoms with Crippen LogP contribution < -0.4 is 5.32 Å². The lowest BCUT2D eigenvalue weighted by molar-refractivity contribution is 0.0714. The Balaban J connectivity index is 1.79. The molecule has 122 valence electrons. The maximum atomic E-state index is 12.9. The lowest BCUT2D eigenvalue weighted by Crippen LogP contribution is -2.36. The van der Waals surface area contributed by atoms with E-state index in [-0.39, 0.29) is 5.91 Å². The number of pyridine rings is 1. The number of rotatable bonds is 5. The first-order valence-electron chi connectivity index (χ1n) is 7.64. The van der Waals surface area contributed by atoms with Crippen LogP contribution in [0.4, 0.5) is 0 Å². The second-order valence-electron chi connectivity index (χ2n) is 5.77. The molecule has 1 unspecified atom stereocenters. The van der Waals surface area contributed by atoms with Gasteiger partial charge in [-0.15, -0.1) is 11.3 Å². The smallest absolute Gasteiger partial charge is 0.272 e. The molecule has 2 aromatic heterocycles. The summed E-state index contributed by atoms with van der Waals surface area (Å²) >= 11 is 7.46. The van der Waals surface area contributed by atoms with Crippen molar-refractivity contribution in [3.8, 4) is 0 Å². The van der Waals surface area contributed by atoms with Crippen LogP contribution in [0.2, 0.25) is 5.02 Å². The first-order chi connectivity index (χ1) is 11.1. The number of hydrogen-bond donors (Lipinski definition) is 1. The van der Waals surface area contributed by atoms with Gasteiger partial charge in [0.2, 0.25) is 0 Å². The number of aryl methyl sites for hydroxylation is 1. The van der Waals surface area contributed by atoms with Crippen LogP contribution in [0, 0.1) is 12.8 Å². The summed E-state index contributed by atoms with van der Waals surface area (Å²) in [7, 11) is 0. The Morgan fingerprint density at radius 1 is 1.48 bits per heavy atom. The first kappa shape index (κ1) is 16.4. The molecule has 1 aliphatic heterocycles. The molecule has 1 aliphatic rings. The summed E-state index contributed by atoms with van der Waals surface area (Å²) < 4.78 is 0. The fourth-order valence-corrected chi connectivity index (χ4v) is 3.62. The molecule has 0 aromatic carbocycles. The average Bonchev–Trinajstić information content (AvgIpc) is 3.19. The van der Waals surface area contributed by atoms with Crippen molar-refractivity contribution >= 4 is 28.8 Å². The predicted octanol–water partition coefficient (Wildman–Crippen LogP) is 2.75. The highest BCUT2D eigenvalue weighted by Gasteiger charge is 2.24. The number of aromatic nitrogens is 2. The van der Waals surface area contributed by atoms with E-state index in [4.69, 9.17) is 11.6 Å². The number of hydrogen-bond acceptors (Lipinski definition) is 5. The Kier molecular flexibility index (Phi) is 5.25. The number of amides is 1. The lowest BCUT2D eigenvalue weighted by atomic mass is 10.1. The minimum atomic E-state index is -0.0543. The third kappa shape index (κ3) is 4.07. The van der Waals surface area contributed by atoms with Gasteiger partial charge in [0.25, 0.3) is 5.91 Å². The van der Waals surface area contributed by atoms with Gasteiger partial charge in [-0.2, -0.15) is 0 Å². The van der Waals surface area contributed by atoms with Crippen molar-refractivity contribution < 1.29 is 4.79 Å². The van der Waals surface area contributed by atoms with Gasteiger partial charge in [-0.3, -0.25) is 4.79 Å². The van der Waals surface area contributed by atoms with Gasteiger partial charge < -0.3 is 10.2 Å². The summed E-state index contributed by atoms with van der Waals surface area (Å²) in [4.78, 5) is 24.3. The van der Waals surface area contributed by atoms with E-state index >= 15 is 0 Å². The Morgan fingerprint density at radius 3 is 2.96 bits per heavy atom. The summed E-state index contributed by atoms with van der Waals surface area (Å²) in [5, 5.41) is 3.89. The molecule has 1 N–H and O–H groups in total. The molecule has 0 spiro atoms. The molecular formula is C16H19ClN4OS. The van der Waals surface area contributed by atoms with Crippen LogP contribution >= 0.6 is 22.9 Å². The van der Waals surface area contributed by atoms with E-state index in [2.05, 4.69) is 15.3 Å². The molecule has 1 fully saturated rings. The molecule has 3 rings (SSSR count). The normalized spacial score (nSPS) is 17.4. The Labute approximate surface area is 144 Å². The molecule has 0 radical (unpaired) electrons. The van der Waals surface area contributed by atoms with E-state index < -0.39 is 0 Å². The quantitative estimate of drug-likeness (QED) is 0.900. The van der Waals surface area contributed by atoms with Crippen molar-refractivity contribution in [1.29, 1.82) is 0 Å². The fraction of sp³-hybridized carbons (Fsp3) is 0.438. The average molecular weight is 351 g/mol. The van der Waals surface area contributed by atoms with Gasteiger partial charge in [0, 0.05) is 17.6 Å². The molecule has 1 saturated heterocycles. The molecule has 3 heterocycles. The van der Waals surface area contributed by atoms with Crippen LogP contribution in [0.15, 0.2) is 23.8 Å². The van der Waals surface area contributed by atoms with Crippen LogP contribution in [0.25, 0.3) is 0 Å². The number of carbonyl (C=O) groups excluding carboxylic acids is 1. The zero-order valence-electron chi connectivity index (χ0n) is 13.0. The SMILES string of the molecule is Cc1ncsc1CN(CC1CCNC1)C(=O)c1ccc(Cl)cn1. The lowest BCUT2D eigenvalue weighted by Gasteiger charge is -2.25. The monoisotopic (exact) mass is 350 g/mol. The topological polar surface area (TPSA) is 58.1 Å². The largest absolute Gasteiger partial charge is 0.332 e. The molecule has 1 atom stereocenters.